The molecule has 7 aromatic rings. The van der Waals surface area contributed by atoms with Crippen LogP contribution in [-0.4, -0.2) is 59.5 Å². The van der Waals surface area contributed by atoms with Gasteiger partial charge in [0.1, 0.15) is 23.0 Å². The number of nitrogens with zero attached hydrogens (tertiary/aromatic N) is 2. The van der Waals surface area contributed by atoms with Gasteiger partial charge in [-0.25, -0.2) is 14.8 Å². The van der Waals surface area contributed by atoms with E-state index in [0.717, 1.165) is 55.9 Å². The third-order valence-electron chi connectivity index (χ3n) is 10.6. The lowest BCUT2D eigenvalue weighted by atomic mass is 10.0. The predicted octanol–water partition coefficient (Wildman–Crippen LogP) is 11.1. The minimum Gasteiger partial charge on any atom is -0.497 e. The van der Waals surface area contributed by atoms with E-state index in [1.807, 2.05) is 121 Å². The number of ether oxygens (including phenoxy) is 4. The second-order valence-corrected chi connectivity index (χ2v) is 13.9. The predicted molar refractivity (Wildman–Crippen MR) is 234 cm³/mol. The first kappa shape index (κ1) is 36.8. The first-order valence-corrected chi connectivity index (χ1v) is 18.9. The maximum Gasteiger partial charge on any atom is 0.337 e. The maximum absolute atomic E-state index is 13.3. The molecule has 5 heterocycles. The lowest BCUT2D eigenvalue weighted by Gasteiger charge is -2.08. The van der Waals surface area contributed by atoms with Crippen LogP contribution in [0.1, 0.15) is 33.1 Å². The van der Waals surface area contributed by atoms with Crippen LogP contribution >= 0.6 is 0 Å². The second kappa shape index (κ2) is 15.2. The number of rotatable bonds is 9. The maximum atomic E-state index is 13.3. The Kier molecular flexibility index (Phi) is 9.50. The molecule has 0 amide bonds. The molecule has 0 aliphatic carbocycles. The van der Waals surface area contributed by atoms with Gasteiger partial charge < -0.3 is 34.0 Å². The van der Waals surface area contributed by atoms with Crippen molar-refractivity contribution in [3.05, 3.63) is 144 Å². The van der Waals surface area contributed by atoms with Gasteiger partial charge in [0.2, 0.25) is 0 Å². The zero-order chi connectivity index (χ0) is 40.6. The Labute approximate surface area is 339 Å². The molecule has 290 valence electrons. The highest BCUT2D eigenvalue weighted by atomic mass is 16.5. The van der Waals surface area contributed by atoms with Crippen molar-refractivity contribution in [2.75, 3.05) is 28.4 Å². The molecule has 0 saturated heterocycles. The molecule has 8 bridgehead atoms. The van der Waals surface area contributed by atoms with E-state index in [1.165, 1.54) is 0 Å². The molecule has 9 rings (SSSR count). The molecular formula is C49H38N4O6. The number of hydrogen-bond acceptors (Lipinski definition) is 7. The fraction of sp³-hybridized carbons (Fsp3) is 0.0816. The number of methoxy groups -OCH3 is 4. The fourth-order valence-electron chi connectivity index (χ4n) is 7.70. The van der Waals surface area contributed by atoms with Crippen LogP contribution in [0.2, 0.25) is 0 Å². The molecule has 0 fully saturated rings. The van der Waals surface area contributed by atoms with Crippen molar-refractivity contribution >= 4 is 52.3 Å². The van der Waals surface area contributed by atoms with Crippen LogP contribution in [0, 0.1) is 0 Å². The van der Waals surface area contributed by atoms with Crippen LogP contribution in [0.25, 0.3) is 90.9 Å². The van der Waals surface area contributed by atoms with E-state index >= 15 is 0 Å². The van der Waals surface area contributed by atoms with Crippen molar-refractivity contribution in [3.8, 4) is 67.5 Å². The number of H-pyrrole nitrogens is 2. The summed E-state index contributed by atoms with van der Waals surface area (Å²) in [6.45, 7) is 0. The lowest BCUT2D eigenvalue weighted by Crippen LogP contribution is -1.96. The number of nitrogens with one attached hydrogen (secondary N) is 2. The second-order valence-electron chi connectivity index (χ2n) is 13.9. The summed E-state index contributed by atoms with van der Waals surface area (Å²) in [6.07, 6.45) is 7.86. The number of carboxylic acids is 1. The van der Waals surface area contributed by atoms with E-state index in [2.05, 4.69) is 22.1 Å². The molecule has 2 aliphatic rings. The number of aromatic nitrogens is 4. The summed E-state index contributed by atoms with van der Waals surface area (Å²) in [5.41, 5.74) is 11.7. The van der Waals surface area contributed by atoms with E-state index < -0.39 is 5.97 Å². The quantitative estimate of drug-likeness (QED) is 0.132. The van der Waals surface area contributed by atoms with Crippen LogP contribution in [-0.2, 0) is 0 Å². The minimum absolute atomic E-state index is 0.0795. The Bertz CT molecular complexity index is 2980. The zero-order valence-corrected chi connectivity index (χ0v) is 32.7. The molecule has 0 spiro atoms. The number of fused-ring (bicyclic) bond motifs is 8. The largest absolute Gasteiger partial charge is 0.497 e. The van der Waals surface area contributed by atoms with E-state index in [1.54, 1.807) is 34.5 Å². The topological polar surface area (TPSA) is 132 Å². The van der Waals surface area contributed by atoms with Crippen molar-refractivity contribution in [1.29, 1.82) is 0 Å². The third kappa shape index (κ3) is 6.76. The molecule has 3 N–H and O–H groups in total. The smallest absolute Gasteiger partial charge is 0.337 e. The number of benzene rings is 4. The number of aromatic carboxylic acids is 1. The molecule has 10 heteroatoms. The molecule has 0 saturated carbocycles. The Morgan fingerprint density at radius 2 is 0.763 bits per heavy atom. The minimum atomic E-state index is -1.09. The van der Waals surface area contributed by atoms with Crippen molar-refractivity contribution in [2.45, 2.75) is 0 Å². The van der Waals surface area contributed by atoms with Crippen LogP contribution in [0.4, 0.5) is 0 Å². The van der Waals surface area contributed by atoms with Crippen molar-refractivity contribution in [3.63, 3.8) is 0 Å². The first-order chi connectivity index (χ1) is 28.8. The fourth-order valence-corrected chi connectivity index (χ4v) is 7.70. The monoisotopic (exact) mass is 778 g/mol. The standard InChI is InChI=1S/C49H38N4O6/c1-56-32-13-5-28(6-14-32)44-37-21-22-38(50-37)45(29-7-15-33(57-2)16-8-29)40-25-26-42(52-40)47(31-11-19-35(59-4)20-12-31)48-36(49(54)55)27-43(53-48)46(41-24-23-39(44)51-41)30-9-17-34(58-3)18-10-30/h5-27,50,53H,1-4H3,(H,54,55). The molecule has 2 aliphatic heterocycles. The molecule has 4 aromatic carbocycles. The first-order valence-electron chi connectivity index (χ1n) is 18.9. The van der Waals surface area contributed by atoms with Crippen molar-refractivity contribution in [2.24, 2.45) is 0 Å². The zero-order valence-electron chi connectivity index (χ0n) is 32.7. The van der Waals surface area contributed by atoms with Gasteiger partial charge in [-0.3, -0.25) is 0 Å². The van der Waals surface area contributed by atoms with Crippen LogP contribution in [0.3, 0.4) is 0 Å². The molecule has 59 heavy (non-hydrogen) atoms. The van der Waals surface area contributed by atoms with Crippen LogP contribution < -0.4 is 18.9 Å². The molecule has 0 atom stereocenters. The normalized spacial score (nSPS) is 11.7. The molecule has 10 nitrogen and oxygen atoms in total. The summed E-state index contributed by atoms with van der Waals surface area (Å²) in [7, 11) is 6.52. The van der Waals surface area contributed by atoms with Gasteiger partial charge in [0.05, 0.1) is 62.3 Å². The average molecular weight is 779 g/mol. The number of carbonyl (C=O) groups is 1. The van der Waals surface area contributed by atoms with Gasteiger partial charge in [-0.1, -0.05) is 48.5 Å². The van der Waals surface area contributed by atoms with Gasteiger partial charge in [-0.15, -0.1) is 0 Å². The van der Waals surface area contributed by atoms with Gasteiger partial charge in [0, 0.05) is 38.8 Å². The summed E-state index contributed by atoms with van der Waals surface area (Å²) in [4.78, 5) is 31.2. The van der Waals surface area contributed by atoms with Crippen molar-refractivity contribution in [1.82, 2.24) is 19.9 Å². The van der Waals surface area contributed by atoms with E-state index in [0.29, 0.717) is 56.4 Å². The number of carboxylic acid groups (broad SMARTS) is 1. The molecule has 0 radical (unpaired) electrons. The summed E-state index contributed by atoms with van der Waals surface area (Å²) in [5.74, 6) is 1.72. The Morgan fingerprint density at radius 3 is 1.10 bits per heavy atom. The SMILES string of the molecule is COc1ccc(-c2c3nc(c(-c4ccc(OC)cc4)c4cc(C(=O)O)c([nH]4)c(-c4ccc(OC)cc4)c4nc(c(-c5ccc(OC)cc5)c5ccc2[nH]5)C=C4)C=C3)cc1. The van der Waals surface area contributed by atoms with Gasteiger partial charge in [0.15, 0.2) is 0 Å². The lowest BCUT2D eigenvalue weighted by molar-refractivity contribution is 0.0699. The molecular weight excluding hydrogens is 741 g/mol. The summed E-state index contributed by atoms with van der Waals surface area (Å²) >= 11 is 0. The van der Waals surface area contributed by atoms with E-state index in [-0.39, 0.29) is 5.56 Å². The molecule has 0 unspecified atom stereocenters. The van der Waals surface area contributed by atoms with E-state index in [4.69, 9.17) is 28.9 Å². The number of hydrogen-bond donors (Lipinski definition) is 3. The molecule has 3 aromatic heterocycles. The van der Waals surface area contributed by atoms with Crippen molar-refractivity contribution < 1.29 is 28.8 Å². The highest BCUT2D eigenvalue weighted by Crippen LogP contribution is 2.40. The Morgan fingerprint density at radius 1 is 0.441 bits per heavy atom. The van der Waals surface area contributed by atoms with Gasteiger partial charge in [0.25, 0.3) is 0 Å². The summed E-state index contributed by atoms with van der Waals surface area (Å²) in [5, 5.41) is 10.9. The Balaban J connectivity index is 1.48. The van der Waals surface area contributed by atoms with Crippen LogP contribution in [0.5, 0.6) is 23.0 Å². The van der Waals surface area contributed by atoms with Gasteiger partial charge >= 0.3 is 5.97 Å². The average Bonchev–Trinajstić information content (AvgIpc) is 4.12. The van der Waals surface area contributed by atoms with Gasteiger partial charge in [-0.2, -0.15) is 0 Å². The highest BCUT2D eigenvalue weighted by Gasteiger charge is 2.22. The number of aromatic amines is 2. The summed E-state index contributed by atoms with van der Waals surface area (Å²) < 4.78 is 22.0. The van der Waals surface area contributed by atoms with E-state index in [9.17, 15) is 9.90 Å². The Hall–Kier alpha value is -7.85. The summed E-state index contributed by atoms with van der Waals surface area (Å²) in [6, 6.07) is 36.7. The van der Waals surface area contributed by atoms with Gasteiger partial charge in [-0.05, 0) is 113 Å². The van der Waals surface area contributed by atoms with Crippen LogP contribution in [0.15, 0.2) is 115 Å². The third-order valence-corrected chi connectivity index (χ3v) is 10.6. The highest BCUT2D eigenvalue weighted by molar-refractivity contribution is 6.07.